The number of fused-ring (bicyclic) bond motifs is 2. The first-order valence-electron chi connectivity index (χ1n) is 8.98. The van der Waals surface area contributed by atoms with E-state index in [1.54, 1.807) is 0 Å². The van der Waals surface area contributed by atoms with Gasteiger partial charge in [0.05, 0.1) is 0 Å². The maximum absolute atomic E-state index is 10.8. The molecule has 0 heterocycles. The van der Waals surface area contributed by atoms with E-state index in [9.17, 15) is 5.11 Å². The highest BCUT2D eigenvalue weighted by Crippen LogP contribution is 2.62. The molecule has 1 aromatic carbocycles. The van der Waals surface area contributed by atoms with Crippen LogP contribution in [0, 0.1) is 18.8 Å². The van der Waals surface area contributed by atoms with E-state index in [0.29, 0.717) is 17.6 Å². The van der Waals surface area contributed by atoms with E-state index in [2.05, 4.69) is 39.8 Å². The van der Waals surface area contributed by atoms with Crippen LogP contribution >= 0.6 is 0 Å². The van der Waals surface area contributed by atoms with E-state index in [4.69, 9.17) is 0 Å². The Morgan fingerprint density at radius 1 is 1.23 bits per heavy atom. The molecule has 1 unspecified atom stereocenters. The fourth-order valence-electron chi connectivity index (χ4n) is 5.01. The molecule has 22 heavy (non-hydrogen) atoms. The second-order valence-corrected chi connectivity index (χ2v) is 7.72. The van der Waals surface area contributed by atoms with Crippen molar-refractivity contribution in [3.63, 3.8) is 0 Å². The van der Waals surface area contributed by atoms with Crippen LogP contribution in [0.4, 0.5) is 0 Å². The first kappa shape index (κ1) is 15.6. The minimum absolute atomic E-state index is 0.148. The smallest absolute Gasteiger partial charge is 0.119 e. The molecule has 2 bridgehead atoms. The number of hydrogen-bond acceptors (Lipinski definition) is 1. The fraction of sp³-hybridized carbons (Fsp3) is 0.619. The third-order valence-electron chi connectivity index (χ3n) is 6.35. The Kier molecular flexibility index (Phi) is 4.09. The lowest BCUT2D eigenvalue weighted by molar-refractivity contribution is 0.0525. The SMILES string of the molecule is CCCCCc1cc(C)c(C2(C)[C@@H]3CC=C(C)[C@H]2C3)c(O)c1. The lowest BCUT2D eigenvalue weighted by atomic mass is 9.45. The van der Waals surface area contributed by atoms with Crippen LogP contribution in [0.3, 0.4) is 0 Å². The molecule has 2 aliphatic carbocycles. The summed E-state index contributed by atoms with van der Waals surface area (Å²) in [6, 6.07) is 4.36. The number of benzene rings is 1. The van der Waals surface area contributed by atoms with Crippen molar-refractivity contribution in [3.8, 4) is 5.75 Å². The van der Waals surface area contributed by atoms with E-state index >= 15 is 0 Å². The highest BCUT2D eigenvalue weighted by atomic mass is 16.3. The number of unbranched alkanes of at least 4 members (excludes halogenated alkanes) is 2. The van der Waals surface area contributed by atoms with Gasteiger partial charge in [-0.15, -0.1) is 0 Å². The summed E-state index contributed by atoms with van der Waals surface area (Å²) in [5, 5.41) is 10.8. The first-order chi connectivity index (χ1) is 10.5. The van der Waals surface area contributed by atoms with Crippen LogP contribution in [0.15, 0.2) is 23.8 Å². The van der Waals surface area contributed by atoms with Gasteiger partial charge >= 0.3 is 0 Å². The number of phenolic OH excluding ortho intramolecular Hbond substituents is 1. The molecule has 0 aromatic heterocycles. The molecule has 0 radical (unpaired) electrons. The van der Waals surface area contributed by atoms with Gasteiger partial charge in [0.15, 0.2) is 0 Å². The van der Waals surface area contributed by atoms with Crippen molar-refractivity contribution in [2.45, 2.75) is 71.6 Å². The summed E-state index contributed by atoms with van der Waals surface area (Å²) in [6.45, 7) is 9.07. The van der Waals surface area contributed by atoms with Crippen LogP contribution < -0.4 is 0 Å². The summed E-state index contributed by atoms with van der Waals surface area (Å²) in [4.78, 5) is 0. The second kappa shape index (κ2) is 5.76. The van der Waals surface area contributed by atoms with Crippen LogP contribution in [-0.4, -0.2) is 5.11 Å². The van der Waals surface area contributed by atoms with Gasteiger partial charge in [0, 0.05) is 11.0 Å². The third kappa shape index (κ3) is 2.30. The van der Waals surface area contributed by atoms with E-state index < -0.39 is 0 Å². The van der Waals surface area contributed by atoms with Crippen molar-refractivity contribution in [1.29, 1.82) is 0 Å². The Labute approximate surface area is 135 Å². The summed E-state index contributed by atoms with van der Waals surface area (Å²) in [7, 11) is 0. The Balaban J connectivity index is 1.91. The van der Waals surface area contributed by atoms with Crippen LogP contribution in [-0.2, 0) is 11.8 Å². The summed E-state index contributed by atoms with van der Waals surface area (Å²) in [5.74, 6) is 1.87. The van der Waals surface area contributed by atoms with E-state index in [1.807, 2.05) is 6.07 Å². The summed E-state index contributed by atoms with van der Waals surface area (Å²) in [6.07, 6.45) is 9.71. The molecule has 0 amide bonds. The van der Waals surface area contributed by atoms with Gasteiger partial charge in [-0.05, 0) is 68.6 Å². The predicted octanol–water partition coefficient (Wildman–Crippen LogP) is 5.68. The largest absolute Gasteiger partial charge is 0.508 e. The zero-order valence-electron chi connectivity index (χ0n) is 14.6. The monoisotopic (exact) mass is 298 g/mol. The van der Waals surface area contributed by atoms with Gasteiger partial charge in [0.2, 0.25) is 0 Å². The molecule has 1 fully saturated rings. The molecular weight excluding hydrogens is 268 g/mol. The van der Waals surface area contributed by atoms with Gasteiger partial charge < -0.3 is 5.11 Å². The van der Waals surface area contributed by atoms with Crippen molar-refractivity contribution >= 4 is 0 Å². The van der Waals surface area contributed by atoms with Gasteiger partial charge in [-0.1, -0.05) is 44.4 Å². The molecule has 3 atom stereocenters. The number of aryl methyl sites for hydroxylation is 2. The van der Waals surface area contributed by atoms with Crippen LogP contribution in [0.25, 0.3) is 0 Å². The first-order valence-corrected chi connectivity index (χ1v) is 8.98. The van der Waals surface area contributed by atoms with Gasteiger partial charge in [0.1, 0.15) is 5.75 Å². The quantitative estimate of drug-likeness (QED) is 0.548. The van der Waals surface area contributed by atoms with Crippen LogP contribution in [0.5, 0.6) is 5.75 Å². The van der Waals surface area contributed by atoms with Crippen molar-refractivity contribution in [2.24, 2.45) is 11.8 Å². The molecule has 1 nitrogen and oxygen atoms in total. The fourth-order valence-corrected chi connectivity index (χ4v) is 5.01. The molecule has 0 saturated heterocycles. The maximum Gasteiger partial charge on any atom is 0.119 e. The van der Waals surface area contributed by atoms with E-state index in [1.165, 1.54) is 54.4 Å². The van der Waals surface area contributed by atoms with Crippen molar-refractivity contribution < 1.29 is 5.11 Å². The Hall–Kier alpha value is -1.24. The van der Waals surface area contributed by atoms with Crippen molar-refractivity contribution in [2.75, 3.05) is 0 Å². The predicted molar refractivity (Wildman–Crippen MR) is 93.4 cm³/mol. The van der Waals surface area contributed by atoms with E-state index in [0.717, 1.165) is 6.42 Å². The minimum atomic E-state index is 0.148. The van der Waals surface area contributed by atoms with Crippen molar-refractivity contribution in [1.82, 2.24) is 0 Å². The van der Waals surface area contributed by atoms with Crippen molar-refractivity contribution in [3.05, 3.63) is 40.5 Å². The molecule has 1 N–H and O–H groups in total. The number of phenols is 1. The van der Waals surface area contributed by atoms with Crippen LogP contribution in [0.1, 0.15) is 69.6 Å². The average molecular weight is 298 g/mol. The lowest BCUT2D eigenvalue weighted by Gasteiger charge is -2.58. The molecule has 120 valence electrons. The molecule has 0 spiro atoms. The number of hydrogen-bond donors (Lipinski definition) is 1. The summed E-state index contributed by atoms with van der Waals surface area (Å²) in [5.41, 5.74) is 5.48. The van der Waals surface area contributed by atoms with Gasteiger partial charge in [-0.3, -0.25) is 0 Å². The molecule has 2 aliphatic rings. The van der Waals surface area contributed by atoms with Gasteiger partial charge in [-0.2, -0.15) is 0 Å². The normalized spacial score (nSPS) is 29.9. The topological polar surface area (TPSA) is 20.2 Å². The number of allylic oxidation sites excluding steroid dienone is 2. The molecule has 1 saturated carbocycles. The van der Waals surface area contributed by atoms with E-state index in [-0.39, 0.29) is 5.41 Å². The Bertz CT molecular complexity index is 575. The number of aromatic hydroxyl groups is 1. The van der Waals surface area contributed by atoms with Crippen LogP contribution in [0.2, 0.25) is 0 Å². The zero-order valence-corrected chi connectivity index (χ0v) is 14.6. The lowest BCUT2D eigenvalue weighted by Crippen LogP contribution is -2.53. The minimum Gasteiger partial charge on any atom is -0.508 e. The highest BCUT2D eigenvalue weighted by Gasteiger charge is 2.55. The number of rotatable bonds is 5. The average Bonchev–Trinajstić information content (AvgIpc) is 2.46. The molecule has 3 rings (SSSR count). The maximum atomic E-state index is 10.8. The summed E-state index contributed by atoms with van der Waals surface area (Å²) < 4.78 is 0. The second-order valence-electron chi connectivity index (χ2n) is 7.72. The molecular formula is C21H30O. The highest BCUT2D eigenvalue weighted by molar-refractivity contribution is 5.51. The van der Waals surface area contributed by atoms with Gasteiger partial charge in [-0.25, -0.2) is 0 Å². The molecule has 1 heteroatoms. The standard InChI is InChI=1S/C21H30O/c1-5-6-7-8-16-11-15(3)20(19(22)12-16)21(4)17-10-9-14(2)18(21)13-17/h9,11-12,17-18,22H,5-8,10,13H2,1-4H3/t17-,18-,21?/m1/s1. The molecule has 0 aliphatic heterocycles. The Morgan fingerprint density at radius 2 is 2.00 bits per heavy atom. The summed E-state index contributed by atoms with van der Waals surface area (Å²) >= 11 is 0. The van der Waals surface area contributed by atoms with Gasteiger partial charge in [0.25, 0.3) is 0 Å². The zero-order chi connectivity index (χ0) is 15.9. The Morgan fingerprint density at radius 3 is 2.59 bits per heavy atom. The molecule has 1 aromatic rings. The third-order valence-corrected chi connectivity index (χ3v) is 6.35.